The van der Waals surface area contributed by atoms with Gasteiger partial charge in [0.1, 0.15) is 5.82 Å². The number of nitrogens with zero attached hydrogens (tertiary/aromatic N) is 1. The summed E-state index contributed by atoms with van der Waals surface area (Å²) in [5, 5.41) is 6.27. The number of nitrogens with one attached hydrogen (secondary N) is 2. The molecule has 2 rings (SSSR count). The van der Waals surface area contributed by atoms with Crippen LogP contribution in [0.2, 0.25) is 5.02 Å². The normalized spacial score (nSPS) is 10.2. The molecule has 0 aliphatic rings. The molecule has 0 aliphatic carbocycles. The molecule has 9 heteroatoms. The Hall–Kier alpha value is -1.67. The topological polar surface area (TPSA) is 61.4 Å². The van der Waals surface area contributed by atoms with Crippen LogP contribution in [0.1, 0.15) is 25.6 Å². The van der Waals surface area contributed by atoms with Gasteiger partial charge in [0.2, 0.25) is 0 Å². The fourth-order valence-electron chi connectivity index (χ4n) is 2.16. The van der Waals surface area contributed by atoms with Crippen molar-refractivity contribution in [2.24, 2.45) is 0 Å². The SMILES string of the molecule is CNCCN(C)C(=O)c1sc(NC(=O)c2ccc(F)cc2Cl)cc1C.Cl. The number of carbonyl (C=O) groups excluding carboxylic acids is 2. The van der Waals surface area contributed by atoms with Crippen molar-refractivity contribution < 1.29 is 14.0 Å². The van der Waals surface area contributed by atoms with Crippen LogP contribution in [0.5, 0.6) is 0 Å². The van der Waals surface area contributed by atoms with Gasteiger partial charge in [0.25, 0.3) is 11.8 Å². The second-order valence-electron chi connectivity index (χ2n) is 5.53. The smallest absolute Gasteiger partial charge is 0.264 e. The molecule has 0 bridgehead atoms. The number of halogens is 3. The van der Waals surface area contributed by atoms with Crippen molar-refractivity contribution in [2.45, 2.75) is 6.92 Å². The largest absolute Gasteiger partial charge is 0.340 e. The third kappa shape index (κ3) is 5.41. The lowest BCUT2D eigenvalue weighted by molar-refractivity contribution is 0.0800. The molecule has 26 heavy (non-hydrogen) atoms. The summed E-state index contributed by atoms with van der Waals surface area (Å²) in [4.78, 5) is 27.0. The van der Waals surface area contributed by atoms with E-state index < -0.39 is 11.7 Å². The summed E-state index contributed by atoms with van der Waals surface area (Å²) in [5.74, 6) is -1.06. The zero-order chi connectivity index (χ0) is 18.6. The first-order valence-corrected chi connectivity index (χ1v) is 8.79. The highest BCUT2D eigenvalue weighted by atomic mass is 35.5. The summed E-state index contributed by atoms with van der Waals surface area (Å²) < 4.78 is 13.1. The van der Waals surface area contributed by atoms with Gasteiger partial charge in [-0.25, -0.2) is 4.39 Å². The molecule has 0 fully saturated rings. The van der Waals surface area contributed by atoms with Gasteiger partial charge in [-0.2, -0.15) is 0 Å². The van der Waals surface area contributed by atoms with Gasteiger partial charge >= 0.3 is 0 Å². The molecule has 2 aromatic rings. The second kappa shape index (κ2) is 9.87. The number of aryl methyl sites for hydroxylation is 1. The van der Waals surface area contributed by atoms with Gasteiger partial charge in [-0.3, -0.25) is 9.59 Å². The van der Waals surface area contributed by atoms with E-state index in [1.165, 1.54) is 23.5 Å². The molecule has 0 atom stereocenters. The Bertz CT molecular complexity index is 798. The van der Waals surface area contributed by atoms with E-state index in [1.54, 1.807) is 18.0 Å². The van der Waals surface area contributed by atoms with E-state index >= 15 is 0 Å². The Labute approximate surface area is 166 Å². The van der Waals surface area contributed by atoms with Crippen molar-refractivity contribution in [3.63, 3.8) is 0 Å². The highest BCUT2D eigenvalue weighted by Crippen LogP contribution is 2.29. The number of anilines is 1. The van der Waals surface area contributed by atoms with Crippen LogP contribution in [0.4, 0.5) is 9.39 Å². The van der Waals surface area contributed by atoms with E-state index in [9.17, 15) is 14.0 Å². The van der Waals surface area contributed by atoms with E-state index in [0.717, 1.165) is 11.6 Å². The number of hydrogen-bond acceptors (Lipinski definition) is 4. The van der Waals surface area contributed by atoms with Gasteiger partial charge in [-0.15, -0.1) is 23.7 Å². The van der Waals surface area contributed by atoms with Crippen molar-refractivity contribution in [1.29, 1.82) is 0 Å². The summed E-state index contributed by atoms with van der Waals surface area (Å²) in [6.45, 7) is 3.09. The van der Waals surface area contributed by atoms with Crippen LogP contribution in [-0.4, -0.2) is 43.9 Å². The third-order valence-corrected chi connectivity index (χ3v) is 5.02. The van der Waals surface area contributed by atoms with Crippen LogP contribution in [-0.2, 0) is 0 Å². The average molecular weight is 420 g/mol. The lowest BCUT2D eigenvalue weighted by Gasteiger charge is -2.16. The predicted octanol–water partition coefficient (Wildman–Crippen LogP) is 3.81. The zero-order valence-electron chi connectivity index (χ0n) is 14.6. The number of thiophene rings is 1. The molecule has 1 aromatic heterocycles. The van der Waals surface area contributed by atoms with Gasteiger partial charge in [0, 0.05) is 20.1 Å². The van der Waals surface area contributed by atoms with Crippen LogP contribution >= 0.6 is 35.3 Å². The number of hydrogen-bond donors (Lipinski definition) is 2. The predicted molar refractivity (Wildman–Crippen MR) is 107 cm³/mol. The molecule has 0 spiro atoms. The second-order valence-corrected chi connectivity index (χ2v) is 6.99. The maximum absolute atomic E-state index is 13.1. The van der Waals surface area contributed by atoms with Gasteiger partial charge in [-0.05, 0) is 43.8 Å². The minimum atomic E-state index is -0.508. The molecule has 1 heterocycles. The Morgan fingerprint density at radius 2 is 2.00 bits per heavy atom. The lowest BCUT2D eigenvalue weighted by atomic mass is 10.2. The fourth-order valence-corrected chi connectivity index (χ4v) is 3.48. The average Bonchev–Trinajstić information content (AvgIpc) is 2.91. The van der Waals surface area contributed by atoms with Crippen LogP contribution in [0.25, 0.3) is 0 Å². The zero-order valence-corrected chi connectivity index (χ0v) is 16.9. The van der Waals surface area contributed by atoms with Crippen LogP contribution in [0.15, 0.2) is 24.3 Å². The lowest BCUT2D eigenvalue weighted by Crippen LogP contribution is -2.32. The van der Waals surface area contributed by atoms with Crippen molar-refractivity contribution in [3.05, 3.63) is 51.1 Å². The molecule has 0 aliphatic heterocycles. The fraction of sp³-hybridized carbons (Fsp3) is 0.294. The van der Waals surface area contributed by atoms with E-state index in [2.05, 4.69) is 10.6 Å². The monoisotopic (exact) mass is 419 g/mol. The van der Waals surface area contributed by atoms with Gasteiger partial charge in [0.05, 0.1) is 20.5 Å². The third-order valence-electron chi connectivity index (χ3n) is 3.57. The first-order chi connectivity index (χ1) is 11.8. The van der Waals surface area contributed by atoms with E-state index in [0.29, 0.717) is 23.0 Å². The highest BCUT2D eigenvalue weighted by molar-refractivity contribution is 7.18. The molecule has 2 N–H and O–H groups in total. The summed E-state index contributed by atoms with van der Waals surface area (Å²) in [6, 6.07) is 5.32. The first-order valence-electron chi connectivity index (χ1n) is 7.60. The van der Waals surface area contributed by atoms with Crippen LogP contribution < -0.4 is 10.6 Å². The van der Waals surface area contributed by atoms with Crippen molar-refractivity contribution in [2.75, 3.05) is 32.5 Å². The summed E-state index contributed by atoms with van der Waals surface area (Å²) in [7, 11) is 3.55. The van der Waals surface area contributed by atoms with Gasteiger partial charge in [0.15, 0.2) is 0 Å². The summed E-state index contributed by atoms with van der Waals surface area (Å²) in [6.07, 6.45) is 0. The van der Waals surface area contributed by atoms with Gasteiger partial charge < -0.3 is 15.5 Å². The quantitative estimate of drug-likeness (QED) is 0.747. The molecule has 0 radical (unpaired) electrons. The standard InChI is InChI=1S/C17H19ClFN3O2S.ClH/c1-10-8-14(25-15(10)17(24)22(3)7-6-20-2)21-16(23)12-5-4-11(19)9-13(12)18;/h4-5,8-9,20H,6-7H2,1-3H3,(H,21,23);1H. The molecular formula is C17H20Cl2FN3O2S. The number of carbonyl (C=O) groups is 2. The van der Waals surface area contributed by atoms with Crippen molar-refractivity contribution in [3.8, 4) is 0 Å². The molecule has 0 saturated carbocycles. The Balaban J connectivity index is 0.00000338. The molecule has 1 aromatic carbocycles. The van der Waals surface area contributed by atoms with Gasteiger partial charge in [-0.1, -0.05) is 11.6 Å². The Morgan fingerprint density at radius 1 is 1.31 bits per heavy atom. The molecule has 142 valence electrons. The minimum absolute atomic E-state index is 0. The highest BCUT2D eigenvalue weighted by Gasteiger charge is 2.19. The Morgan fingerprint density at radius 3 is 2.62 bits per heavy atom. The molecule has 0 saturated heterocycles. The van der Waals surface area contributed by atoms with Crippen LogP contribution in [0.3, 0.4) is 0 Å². The number of benzene rings is 1. The molecule has 5 nitrogen and oxygen atoms in total. The molecule has 2 amide bonds. The summed E-state index contributed by atoms with van der Waals surface area (Å²) >= 11 is 7.10. The number of rotatable bonds is 6. The van der Waals surface area contributed by atoms with E-state index in [1.807, 2.05) is 14.0 Å². The first kappa shape index (κ1) is 22.4. The number of likely N-dealkylation sites (N-methyl/N-ethyl adjacent to an activating group) is 2. The van der Waals surface area contributed by atoms with Crippen molar-refractivity contribution in [1.82, 2.24) is 10.2 Å². The van der Waals surface area contributed by atoms with Crippen molar-refractivity contribution >= 4 is 52.2 Å². The number of amides is 2. The maximum Gasteiger partial charge on any atom is 0.264 e. The maximum atomic E-state index is 13.1. The molecular weight excluding hydrogens is 400 g/mol. The Kier molecular flexibility index (Phi) is 8.49. The van der Waals surface area contributed by atoms with E-state index in [4.69, 9.17) is 11.6 Å². The molecule has 0 unspecified atom stereocenters. The van der Waals surface area contributed by atoms with Crippen LogP contribution in [0, 0.1) is 12.7 Å². The minimum Gasteiger partial charge on any atom is -0.340 e. The summed E-state index contributed by atoms with van der Waals surface area (Å²) in [5.41, 5.74) is 0.958. The van der Waals surface area contributed by atoms with E-state index in [-0.39, 0.29) is 28.9 Å².